The Kier molecular flexibility index (Phi) is 4.43. The molecule has 0 aromatic heterocycles. The van der Waals surface area contributed by atoms with E-state index in [9.17, 15) is 9.90 Å². The number of hydrogen-bond donors (Lipinski definition) is 1. The van der Waals surface area contributed by atoms with Crippen LogP contribution in [0.25, 0.3) is 5.57 Å². The molecule has 0 amide bonds. The minimum atomic E-state index is -0.119. The van der Waals surface area contributed by atoms with Gasteiger partial charge in [0.15, 0.2) is 0 Å². The van der Waals surface area contributed by atoms with Crippen molar-refractivity contribution in [2.45, 2.75) is 32.6 Å². The first-order chi connectivity index (χ1) is 9.14. The molecule has 1 N–H and O–H groups in total. The maximum absolute atomic E-state index is 11.4. The molecule has 0 bridgehead atoms. The van der Waals surface area contributed by atoms with E-state index in [0.717, 1.165) is 42.3 Å². The molecule has 1 aliphatic rings. The topological polar surface area (TPSA) is 37.3 Å². The third-order valence-corrected chi connectivity index (χ3v) is 4.53. The van der Waals surface area contributed by atoms with Gasteiger partial charge in [-0.2, -0.15) is 0 Å². The summed E-state index contributed by atoms with van der Waals surface area (Å²) in [5, 5.41) is 10.3. The second kappa shape index (κ2) is 5.89. The van der Waals surface area contributed by atoms with Gasteiger partial charge in [-0.25, -0.2) is 0 Å². The summed E-state index contributed by atoms with van der Waals surface area (Å²) in [5.74, 6) is 0. The summed E-state index contributed by atoms with van der Waals surface area (Å²) >= 11 is 5.89. The Labute approximate surface area is 119 Å². The molecule has 1 atom stereocenters. The van der Waals surface area contributed by atoms with Gasteiger partial charge in [0.2, 0.25) is 0 Å². The standard InChI is InChI=1S/C16H19ClO2/c1-2-16(11-19)8-7-15(13(9-16)10-18)12-3-5-14(17)6-4-12/h3-6,10,19H,2,7-9,11H2,1H3. The summed E-state index contributed by atoms with van der Waals surface area (Å²) in [6, 6.07) is 7.61. The van der Waals surface area contributed by atoms with Gasteiger partial charge < -0.3 is 5.11 Å². The Balaban J connectivity index is 2.36. The molecule has 1 aliphatic carbocycles. The van der Waals surface area contributed by atoms with Crippen molar-refractivity contribution in [1.82, 2.24) is 0 Å². The molecule has 2 rings (SSSR count). The van der Waals surface area contributed by atoms with E-state index in [1.807, 2.05) is 24.3 Å². The molecule has 2 nitrogen and oxygen atoms in total. The highest BCUT2D eigenvalue weighted by Crippen LogP contribution is 2.44. The van der Waals surface area contributed by atoms with E-state index in [0.29, 0.717) is 11.4 Å². The summed E-state index contributed by atoms with van der Waals surface area (Å²) < 4.78 is 0. The Morgan fingerprint density at radius 3 is 2.58 bits per heavy atom. The predicted octanol–water partition coefficient (Wildman–Crippen LogP) is 3.87. The van der Waals surface area contributed by atoms with Crippen molar-refractivity contribution < 1.29 is 9.90 Å². The summed E-state index contributed by atoms with van der Waals surface area (Å²) in [6.45, 7) is 2.22. The maximum atomic E-state index is 11.4. The van der Waals surface area contributed by atoms with E-state index < -0.39 is 0 Å². The minimum Gasteiger partial charge on any atom is -0.396 e. The molecule has 0 radical (unpaired) electrons. The number of halogens is 1. The zero-order valence-corrected chi connectivity index (χ0v) is 11.9. The highest BCUT2D eigenvalue weighted by atomic mass is 35.5. The number of rotatable bonds is 4. The fourth-order valence-electron chi connectivity index (χ4n) is 2.79. The van der Waals surface area contributed by atoms with Crippen LogP contribution in [-0.4, -0.2) is 18.0 Å². The van der Waals surface area contributed by atoms with Crippen molar-refractivity contribution in [1.29, 1.82) is 0 Å². The van der Waals surface area contributed by atoms with Gasteiger partial charge in [-0.3, -0.25) is 4.79 Å². The van der Waals surface area contributed by atoms with Crippen LogP contribution in [0.15, 0.2) is 29.8 Å². The van der Waals surface area contributed by atoms with Crippen molar-refractivity contribution in [2.24, 2.45) is 5.41 Å². The SMILES string of the molecule is CCC1(CO)CCC(c2ccc(Cl)cc2)=C(C=O)C1. The van der Waals surface area contributed by atoms with E-state index in [1.165, 1.54) is 0 Å². The van der Waals surface area contributed by atoms with Crippen LogP contribution in [0.5, 0.6) is 0 Å². The van der Waals surface area contributed by atoms with Gasteiger partial charge in [-0.05, 0) is 59.9 Å². The monoisotopic (exact) mass is 278 g/mol. The minimum absolute atomic E-state index is 0.119. The number of aliphatic hydroxyl groups excluding tert-OH is 1. The van der Waals surface area contributed by atoms with E-state index in [-0.39, 0.29) is 12.0 Å². The van der Waals surface area contributed by atoms with Crippen molar-refractivity contribution in [2.75, 3.05) is 6.61 Å². The number of carbonyl (C=O) groups is 1. The first-order valence-corrected chi connectivity index (χ1v) is 7.06. The fourth-order valence-corrected chi connectivity index (χ4v) is 2.92. The number of aliphatic hydroxyl groups is 1. The molecule has 19 heavy (non-hydrogen) atoms. The van der Waals surface area contributed by atoms with E-state index >= 15 is 0 Å². The molecular formula is C16H19ClO2. The molecule has 0 saturated heterocycles. The summed E-state index contributed by atoms with van der Waals surface area (Å²) in [6.07, 6.45) is 4.28. The molecule has 102 valence electrons. The normalized spacial score (nSPS) is 23.5. The van der Waals surface area contributed by atoms with Crippen LogP contribution < -0.4 is 0 Å². The Bertz CT molecular complexity index is 484. The smallest absolute Gasteiger partial charge is 0.146 e. The second-order valence-corrected chi connectivity index (χ2v) is 5.75. The van der Waals surface area contributed by atoms with Crippen LogP contribution >= 0.6 is 11.6 Å². The Morgan fingerprint density at radius 2 is 2.05 bits per heavy atom. The van der Waals surface area contributed by atoms with Crippen LogP contribution in [0.2, 0.25) is 5.02 Å². The lowest BCUT2D eigenvalue weighted by Gasteiger charge is -2.36. The van der Waals surface area contributed by atoms with Crippen molar-refractivity contribution in [3.63, 3.8) is 0 Å². The van der Waals surface area contributed by atoms with Crippen LogP contribution in [0.1, 0.15) is 38.2 Å². The second-order valence-electron chi connectivity index (χ2n) is 5.32. The summed E-state index contributed by atoms with van der Waals surface area (Å²) in [5.41, 5.74) is 2.87. The first-order valence-electron chi connectivity index (χ1n) is 6.68. The molecule has 1 unspecified atom stereocenters. The van der Waals surface area contributed by atoms with Crippen molar-refractivity contribution in [3.05, 3.63) is 40.4 Å². The quantitative estimate of drug-likeness (QED) is 0.849. The van der Waals surface area contributed by atoms with Gasteiger partial charge in [-0.15, -0.1) is 0 Å². The maximum Gasteiger partial charge on any atom is 0.146 e. The van der Waals surface area contributed by atoms with Crippen LogP contribution in [-0.2, 0) is 4.79 Å². The predicted molar refractivity (Wildman–Crippen MR) is 78.1 cm³/mol. The number of carbonyl (C=O) groups excluding carboxylic acids is 1. The lowest BCUT2D eigenvalue weighted by Crippen LogP contribution is -2.29. The van der Waals surface area contributed by atoms with Crippen LogP contribution in [0, 0.1) is 5.41 Å². The van der Waals surface area contributed by atoms with E-state index in [4.69, 9.17) is 11.6 Å². The van der Waals surface area contributed by atoms with E-state index in [2.05, 4.69) is 6.92 Å². The van der Waals surface area contributed by atoms with Gasteiger partial charge in [0, 0.05) is 11.6 Å². The molecule has 0 heterocycles. The molecule has 1 aromatic rings. The Morgan fingerprint density at radius 1 is 1.37 bits per heavy atom. The Hall–Kier alpha value is -1.12. The lowest BCUT2D eigenvalue weighted by atomic mass is 9.69. The molecular weight excluding hydrogens is 260 g/mol. The van der Waals surface area contributed by atoms with Crippen LogP contribution in [0.3, 0.4) is 0 Å². The summed E-state index contributed by atoms with van der Waals surface area (Å²) in [4.78, 5) is 11.4. The number of benzene rings is 1. The van der Waals surface area contributed by atoms with Gasteiger partial charge in [-0.1, -0.05) is 30.7 Å². The average molecular weight is 279 g/mol. The van der Waals surface area contributed by atoms with Crippen molar-refractivity contribution >= 4 is 23.5 Å². The lowest BCUT2D eigenvalue weighted by molar-refractivity contribution is -0.105. The fraction of sp³-hybridized carbons (Fsp3) is 0.438. The van der Waals surface area contributed by atoms with Crippen LogP contribution in [0.4, 0.5) is 0 Å². The third kappa shape index (κ3) is 2.90. The largest absolute Gasteiger partial charge is 0.396 e. The molecule has 0 fully saturated rings. The zero-order chi connectivity index (χ0) is 13.9. The molecule has 0 saturated carbocycles. The number of hydrogen-bond acceptors (Lipinski definition) is 2. The highest BCUT2D eigenvalue weighted by molar-refractivity contribution is 6.30. The first kappa shape index (κ1) is 14.3. The molecule has 0 spiro atoms. The van der Waals surface area contributed by atoms with Gasteiger partial charge in [0.1, 0.15) is 6.29 Å². The molecule has 1 aromatic carbocycles. The molecule has 0 aliphatic heterocycles. The highest BCUT2D eigenvalue weighted by Gasteiger charge is 2.33. The molecule has 3 heteroatoms. The number of aldehydes is 1. The average Bonchev–Trinajstić information content (AvgIpc) is 2.47. The number of allylic oxidation sites excluding steroid dienone is 2. The van der Waals surface area contributed by atoms with Gasteiger partial charge >= 0.3 is 0 Å². The van der Waals surface area contributed by atoms with Gasteiger partial charge in [0.25, 0.3) is 0 Å². The summed E-state index contributed by atoms with van der Waals surface area (Å²) in [7, 11) is 0. The van der Waals surface area contributed by atoms with E-state index in [1.54, 1.807) is 0 Å². The van der Waals surface area contributed by atoms with Crippen molar-refractivity contribution in [3.8, 4) is 0 Å². The third-order valence-electron chi connectivity index (χ3n) is 4.28. The van der Waals surface area contributed by atoms with Gasteiger partial charge in [0.05, 0.1) is 0 Å². The zero-order valence-electron chi connectivity index (χ0n) is 11.2.